The van der Waals surface area contributed by atoms with Crippen LogP contribution < -0.4 is 5.32 Å². The van der Waals surface area contributed by atoms with Crippen LogP contribution in [-0.4, -0.2) is 28.5 Å². The van der Waals surface area contributed by atoms with Crippen LogP contribution in [0.4, 0.5) is 4.79 Å². The maximum absolute atomic E-state index is 11.4. The smallest absolute Gasteiger partial charge is 0.407 e. The minimum atomic E-state index is -0.439. The first-order chi connectivity index (χ1) is 6.87. The van der Waals surface area contributed by atoms with Gasteiger partial charge in [0.2, 0.25) is 0 Å². The fraction of sp³-hybridized carbons (Fsp3) is 0.900. The molecule has 1 amide bonds. The van der Waals surface area contributed by atoms with E-state index < -0.39 is 5.60 Å². The van der Waals surface area contributed by atoms with Crippen LogP contribution in [0.25, 0.3) is 0 Å². The second kappa shape index (κ2) is 5.34. The summed E-state index contributed by atoms with van der Waals surface area (Å²) in [5.74, 6) is 0. The Kier molecular flexibility index (Phi) is 4.64. The topological polar surface area (TPSA) is 47.6 Å². The Morgan fingerprint density at radius 3 is 2.60 bits per heavy atom. The Bertz CT molecular complexity index is 219. The third-order valence-electron chi connectivity index (χ3n) is 1.94. The Labute approximate surface area is 104 Å². The molecule has 0 aromatic heterocycles. The molecule has 1 saturated heterocycles. The quantitative estimate of drug-likeness (QED) is 0.594. The number of hydrogen-bond acceptors (Lipinski definition) is 3. The van der Waals surface area contributed by atoms with Gasteiger partial charge < -0.3 is 14.8 Å². The third-order valence-corrected chi connectivity index (χ3v) is 2.92. The molecule has 1 aliphatic rings. The van der Waals surface area contributed by atoms with Gasteiger partial charge in [0.05, 0.1) is 12.6 Å². The highest BCUT2D eigenvalue weighted by Crippen LogP contribution is 2.18. The number of carbonyl (C=O) groups excluding carboxylic acids is 1. The molecule has 0 saturated carbocycles. The normalized spacial score (nSPS) is 27.2. The van der Waals surface area contributed by atoms with Crippen LogP contribution in [0.3, 0.4) is 0 Å². The molecule has 88 valence electrons. The number of nitrogens with one attached hydrogen (secondary N) is 1. The fourth-order valence-corrected chi connectivity index (χ4v) is 1.87. The largest absolute Gasteiger partial charge is 0.444 e. The lowest BCUT2D eigenvalue weighted by molar-refractivity contribution is 0.0308. The van der Waals surface area contributed by atoms with Crippen molar-refractivity contribution in [2.75, 3.05) is 6.61 Å². The first-order valence-corrected chi connectivity index (χ1v) is 6.36. The zero-order valence-corrected chi connectivity index (χ0v) is 11.5. The number of hydrogen-bond donors (Lipinski definition) is 1. The lowest BCUT2D eigenvalue weighted by Gasteiger charge is -2.28. The van der Waals surface area contributed by atoms with Crippen LogP contribution in [0.5, 0.6) is 0 Å². The number of ether oxygens (including phenoxy) is 2. The molecule has 1 rings (SSSR count). The minimum Gasteiger partial charge on any atom is -0.444 e. The molecule has 0 aliphatic carbocycles. The summed E-state index contributed by atoms with van der Waals surface area (Å²) < 4.78 is 10.9. The lowest BCUT2D eigenvalue weighted by atomic mass is 10.1. The Hall–Kier alpha value is -0.0400. The molecule has 0 bridgehead atoms. The molecule has 1 heterocycles. The molecule has 1 fully saturated rings. The molecule has 1 aliphatic heterocycles. The summed E-state index contributed by atoms with van der Waals surface area (Å²) in [4.78, 5) is 11.4. The standard InChI is InChI=1S/C10H18INO3/c1-10(2,3)15-9(13)12-7-4-5-8(11)14-6-7/h7-8H,4-6H2,1-3H3,(H,12,13)/t7-,8+/m1/s1. The van der Waals surface area contributed by atoms with Gasteiger partial charge in [-0.3, -0.25) is 0 Å². The Balaban J connectivity index is 2.27. The predicted octanol–water partition coefficient (Wildman–Crippen LogP) is 2.45. The molecule has 15 heavy (non-hydrogen) atoms. The second-order valence-corrected chi connectivity index (χ2v) is 6.05. The van der Waals surface area contributed by atoms with E-state index in [9.17, 15) is 4.79 Å². The van der Waals surface area contributed by atoms with Gasteiger partial charge in [0.25, 0.3) is 0 Å². The average molecular weight is 327 g/mol. The molecule has 0 unspecified atom stereocenters. The van der Waals surface area contributed by atoms with Gasteiger partial charge >= 0.3 is 6.09 Å². The molecule has 4 nitrogen and oxygen atoms in total. The number of alkyl carbamates (subject to hydrolysis) is 1. The van der Waals surface area contributed by atoms with E-state index in [1.54, 1.807) is 0 Å². The van der Waals surface area contributed by atoms with Crippen molar-refractivity contribution >= 4 is 28.7 Å². The highest BCUT2D eigenvalue weighted by atomic mass is 127. The predicted molar refractivity (Wildman–Crippen MR) is 66.2 cm³/mol. The van der Waals surface area contributed by atoms with Crippen LogP contribution >= 0.6 is 22.6 Å². The Morgan fingerprint density at radius 2 is 2.13 bits per heavy atom. The van der Waals surface area contributed by atoms with Crippen molar-refractivity contribution in [1.82, 2.24) is 5.32 Å². The summed E-state index contributed by atoms with van der Waals surface area (Å²) in [5, 5.41) is 2.81. The van der Waals surface area contributed by atoms with Gasteiger partial charge in [-0.2, -0.15) is 0 Å². The lowest BCUT2D eigenvalue weighted by Crippen LogP contribution is -2.44. The van der Waals surface area contributed by atoms with Gasteiger partial charge in [-0.25, -0.2) is 4.79 Å². The number of rotatable bonds is 1. The third kappa shape index (κ3) is 5.55. The van der Waals surface area contributed by atoms with Crippen molar-refractivity contribution in [3.05, 3.63) is 0 Å². The Morgan fingerprint density at radius 1 is 1.47 bits per heavy atom. The van der Waals surface area contributed by atoms with E-state index in [4.69, 9.17) is 9.47 Å². The van der Waals surface area contributed by atoms with Crippen LogP contribution in [-0.2, 0) is 9.47 Å². The fourth-order valence-electron chi connectivity index (χ4n) is 1.31. The van der Waals surface area contributed by atoms with E-state index in [2.05, 4.69) is 27.9 Å². The summed E-state index contributed by atoms with van der Waals surface area (Å²) >= 11 is 2.26. The van der Waals surface area contributed by atoms with Gasteiger partial charge in [-0.05, 0) is 33.6 Å². The van der Waals surface area contributed by atoms with Crippen molar-refractivity contribution in [3.8, 4) is 0 Å². The molecule has 0 spiro atoms. The first-order valence-electron chi connectivity index (χ1n) is 5.12. The molecule has 2 atom stereocenters. The molecule has 0 radical (unpaired) electrons. The van der Waals surface area contributed by atoms with Crippen LogP contribution in [0.1, 0.15) is 33.6 Å². The van der Waals surface area contributed by atoms with E-state index >= 15 is 0 Å². The van der Waals surface area contributed by atoms with E-state index in [0.717, 1.165) is 12.8 Å². The molecule has 5 heteroatoms. The number of alkyl halides is 1. The summed E-state index contributed by atoms with van der Waals surface area (Å²) in [6.07, 6.45) is 1.57. The number of amides is 1. The first kappa shape index (κ1) is 13.0. The average Bonchev–Trinajstić information content (AvgIpc) is 2.05. The SMILES string of the molecule is CC(C)(C)OC(=O)N[C@@H]1CC[C@@H](I)OC1. The second-order valence-electron chi connectivity index (χ2n) is 4.66. The molecular formula is C10H18INO3. The molecular weight excluding hydrogens is 309 g/mol. The van der Waals surface area contributed by atoms with Gasteiger partial charge in [-0.15, -0.1) is 0 Å². The maximum Gasteiger partial charge on any atom is 0.407 e. The van der Waals surface area contributed by atoms with Crippen molar-refractivity contribution in [1.29, 1.82) is 0 Å². The summed E-state index contributed by atoms with van der Waals surface area (Å²) in [6, 6.07) is 0.0888. The van der Waals surface area contributed by atoms with Crippen LogP contribution in [0.15, 0.2) is 0 Å². The number of halogens is 1. The minimum absolute atomic E-state index is 0.0888. The molecule has 1 N–H and O–H groups in total. The summed E-state index contributed by atoms with van der Waals surface area (Å²) in [7, 11) is 0. The van der Waals surface area contributed by atoms with Crippen molar-refractivity contribution in [2.45, 2.75) is 49.4 Å². The van der Waals surface area contributed by atoms with Crippen LogP contribution in [0.2, 0.25) is 0 Å². The zero-order chi connectivity index (χ0) is 11.5. The highest BCUT2D eigenvalue weighted by Gasteiger charge is 2.23. The van der Waals surface area contributed by atoms with Gasteiger partial charge in [0.1, 0.15) is 9.71 Å². The maximum atomic E-state index is 11.4. The van der Waals surface area contributed by atoms with Gasteiger partial charge in [0.15, 0.2) is 0 Å². The van der Waals surface area contributed by atoms with Crippen molar-refractivity contribution in [2.24, 2.45) is 0 Å². The van der Waals surface area contributed by atoms with E-state index in [1.807, 2.05) is 20.8 Å². The van der Waals surface area contributed by atoms with Gasteiger partial charge in [-0.1, -0.05) is 22.6 Å². The molecule has 0 aromatic carbocycles. The van der Waals surface area contributed by atoms with Crippen LogP contribution in [0, 0.1) is 0 Å². The number of carbonyl (C=O) groups is 1. The zero-order valence-electron chi connectivity index (χ0n) is 9.38. The van der Waals surface area contributed by atoms with Crippen molar-refractivity contribution < 1.29 is 14.3 Å². The summed E-state index contributed by atoms with van der Waals surface area (Å²) in [5.41, 5.74) is -0.439. The monoisotopic (exact) mass is 327 g/mol. The van der Waals surface area contributed by atoms with E-state index in [-0.39, 0.29) is 16.2 Å². The molecule has 0 aromatic rings. The van der Waals surface area contributed by atoms with E-state index in [0.29, 0.717) is 6.61 Å². The van der Waals surface area contributed by atoms with Gasteiger partial charge in [0, 0.05) is 0 Å². The summed E-state index contributed by atoms with van der Waals surface area (Å²) in [6.45, 7) is 6.13. The highest BCUT2D eigenvalue weighted by molar-refractivity contribution is 14.1. The van der Waals surface area contributed by atoms with E-state index in [1.165, 1.54) is 0 Å². The van der Waals surface area contributed by atoms with Crippen molar-refractivity contribution in [3.63, 3.8) is 0 Å².